The first-order valence-electron chi connectivity index (χ1n) is 6.69. The number of rotatable bonds is 6. The molecule has 0 spiro atoms. The summed E-state index contributed by atoms with van der Waals surface area (Å²) in [6.07, 6.45) is 5.72. The van der Waals surface area contributed by atoms with Crippen LogP contribution in [0.2, 0.25) is 0 Å². The van der Waals surface area contributed by atoms with Crippen molar-refractivity contribution in [1.82, 2.24) is 20.2 Å². The van der Waals surface area contributed by atoms with Crippen LogP contribution in [0.1, 0.15) is 44.6 Å². The fourth-order valence-electron chi connectivity index (χ4n) is 2.11. The van der Waals surface area contributed by atoms with Crippen LogP contribution in [0.5, 0.6) is 0 Å². The molecule has 1 aromatic carbocycles. The summed E-state index contributed by atoms with van der Waals surface area (Å²) in [4.78, 5) is 0. The van der Waals surface area contributed by atoms with Gasteiger partial charge in [0.05, 0.1) is 5.69 Å². The molecule has 0 saturated heterocycles. The summed E-state index contributed by atoms with van der Waals surface area (Å²) in [6, 6.07) is 8.51. The van der Waals surface area contributed by atoms with Gasteiger partial charge >= 0.3 is 0 Å². The van der Waals surface area contributed by atoms with E-state index in [-0.39, 0.29) is 0 Å². The zero-order valence-corrected chi connectivity index (χ0v) is 12.5. The number of tetrazole rings is 1. The van der Waals surface area contributed by atoms with Crippen LogP contribution in [0.3, 0.4) is 0 Å². The highest BCUT2D eigenvalue weighted by Crippen LogP contribution is 2.24. The average Bonchev–Trinajstić information content (AvgIpc) is 2.93. The van der Waals surface area contributed by atoms with E-state index in [0.717, 1.165) is 10.8 Å². The molecule has 0 fully saturated rings. The van der Waals surface area contributed by atoms with Gasteiger partial charge in [0.25, 0.3) is 0 Å². The van der Waals surface area contributed by atoms with Crippen LogP contribution < -0.4 is 0 Å². The number of unbranched alkanes of at least 4 members (excludes halogenated alkanes) is 1. The standard InChI is InChI=1S/C14H20N4S/c1-4-5-7-11(2)12-8-6-9-13(10-12)18-14(19-3)15-16-17-18/h6,8-11H,4-5,7H2,1-3H3. The van der Waals surface area contributed by atoms with E-state index in [0.29, 0.717) is 5.92 Å². The van der Waals surface area contributed by atoms with Gasteiger partial charge in [0.2, 0.25) is 5.16 Å². The predicted octanol–water partition coefficient (Wildman–Crippen LogP) is 3.68. The molecule has 5 heteroatoms. The number of hydrogen-bond acceptors (Lipinski definition) is 4. The Morgan fingerprint density at radius 3 is 2.95 bits per heavy atom. The van der Waals surface area contributed by atoms with Gasteiger partial charge in [-0.1, -0.05) is 50.6 Å². The summed E-state index contributed by atoms with van der Waals surface area (Å²) in [5, 5.41) is 12.6. The third-order valence-corrected chi connectivity index (χ3v) is 3.92. The third-order valence-electron chi connectivity index (χ3n) is 3.30. The zero-order chi connectivity index (χ0) is 13.7. The minimum atomic E-state index is 0.578. The van der Waals surface area contributed by atoms with Gasteiger partial charge in [-0.2, -0.15) is 4.68 Å². The molecule has 0 aliphatic heterocycles. The molecule has 1 atom stereocenters. The lowest BCUT2D eigenvalue weighted by Gasteiger charge is -2.12. The quantitative estimate of drug-likeness (QED) is 0.755. The van der Waals surface area contributed by atoms with Gasteiger partial charge in [-0.05, 0) is 46.7 Å². The molecule has 2 rings (SSSR count). The number of nitrogens with zero attached hydrogens (tertiary/aromatic N) is 4. The summed E-state index contributed by atoms with van der Waals surface area (Å²) in [5.41, 5.74) is 2.39. The second kappa shape index (κ2) is 6.70. The molecule has 1 heterocycles. The Morgan fingerprint density at radius 2 is 2.21 bits per heavy atom. The van der Waals surface area contributed by atoms with E-state index in [2.05, 4.69) is 47.6 Å². The van der Waals surface area contributed by atoms with Crippen molar-refractivity contribution in [2.75, 3.05) is 6.26 Å². The molecule has 0 amide bonds. The van der Waals surface area contributed by atoms with Gasteiger partial charge in [0.15, 0.2) is 0 Å². The normalized spacial score (nSPS) is 12.6. The van der Waals surface area contributed by atoms with E-state index in [1.165, 1.54) is 24.8 Å². The van der Waals surface area contributed by atoms with Crippen molar-refractivity contribution < 1.29 is 0 Å². The molecule has 102 valence electrons. The minimum absolute atomic E-state index is 0.578. The predicted molar refractivity (Wildman–Crippen MR) is 78.9 cm³/mol. The van der Waals surface area contributed by atoms with Gasteiger partial charge in [-0.15, -0.1) is 5.10 Å². The van der Waals surface area contributed by atoms with Crippen LogP contribution in [-0.2, 0) is 0 Å². The van der Waals surface area contributed by atoms with Gasteiger partial charge in [0.1, 0.15) is 0 Å². The van der Waals surface area contributed by atoms with Crippen molar-refractivity contribution >= 4 is 11.8 Å². The minimum Gasteiger partial charge on any atom is -0.188 e. The van der Waals surface area contributed by atoms with E-state index in [1.54, 1.807) is 16.4 Å². The Kier molecular flexibility index (Phi) is 4.96. The molecule has 4 nitrogen and oxygen atoms in total. The largest absolute Gasteiger partial charge is 0.213 e. The number of aromatic nitrogens is 4. The Hall–Kier alpha value is -1.36. The van der Waals surface area contributed by atoms with Crippen molar-refractivity contribution in [2.45, 2.75) is 44.2 Å². The Morgan fingerprint density at radius 1 is 1.37 bits per heavy atom. The number of benzene rings is 1. The molecule has 2 aromatic rings. The maximum absolute atomic E-state index is 4.05. The molecule has 1 unspecified atom stereocenters. The highest BCUT2D eigenvalue weighted by molar-refractivity contribution is 7.98. The Balaban J connectivity index is 2.24. The van der Waals surface area contributed by atoms with Crippen molar-refractivity contribution in [3.63, 3.8) is 0 Å². The molecule has 0 aliphatic carbocycles. The average molecular weight is 276 g/mol. The second-order valence-electron chi connectivity index (χ2n) is 4.72. The molecule has 0 saturated carbocycles. The van der Waals surface area contributed by atoms with Gasteiger partial charge in [-0.3, -0.25) is 0 Å². The number of hydrogen-bond donors (Lipinski definition) is 0. The highest BCUT2D eigenvalue weighted by Gasteiger charge is 2.10. The lowest BCUT2D eigenvalue weighted by Crippen LogP contribution is -2.01. The van der Waals surface area contributed by atoms with Crippen molar-refractivity contribution in [2.24, 2.45) is 0 Å². The fourth-order valence-corrected chi connectivity index (χ4v) is 2.54. The zero-order valence-electron chi connectivity index (χ0n) is 11.7. The van der Waals surface area contributed by atoms with E-state index < -0.39 is 0 Å². The number of thioether (sulfide) groups is 1. The first kappa shape index (κ1) is 14.1. The Bertz CT molecular complexity index is 524. The van der Waals surface area contributed by atoms with Crippen molar-refractivity contribution in [1.29, 1.82) is 0 Å². The van der Waals surface area contributed by atoms with Crippen molar-refractivity contribution in [3.05, 3.63) is 29.8 Å². The molecule has 1 aromatic heterocycles. The Labute approximate surface area is 118 Å². The van der Waals surface area contributed by atoms with Crippen LogP contribution in [0.15, 0.2) is 29.4 Å². The van der Waals surface area contributed by atoms with E-state index in [4.69, 9.17) is 0 Å². The smallest absolute Gasteiger partial charge is 0.188 e. The summed E-state index contributed by atoms with van der Waals surface area (Å²) in [6.45, 7) is 4.51. The van der Waals surface area contributed by atoms with Crippen LogP contribution >= 0.6 is 11.8 Å². The molecule has 0 N–H and O–H groups in total. The topological polar surface area (TPSA) is 43.6 Å². The highest BCUT2D eigenvalue weighted by atomic mass is 32.2. The maximum atomic E-state index is 4.05. The maximum Gasteiger partial charge on any atom is 0.213 e. The van der Waals surface area contributed by atoms with Gasteiger partial charge < -0.3 is 0 Å². The summed E-state index contributed by atoms with van der Waals surface area (Å²) < 4.78 is 1.79. The lowest BCUT2D eigenvalue weighted by molar-refractivity contribution is 0.623. The fraction of sp³-hybridized carbons (Fsp3) is 0.500. The van der Waals surface area contributed by atoms with Crippen LogP contribution in [0, 0.1) is 0 Å². The lowest BCUT2D eigenvalue weighted by atomic mass is 9.95. The van der Waals surface area contributed by atoms with Gasteiger partial charge in [0, 0.05) is 0 Å². The molecule has 0 aliphatic rings. The summed E-state index contributed by atoms with van der Waals surface area (Å²) >= 11 is 1.55. The first-order valence-corrected chi connectivity index (χ1v) is 7.91. The van der Waals surface area contributed by atoms with E-state index in [1.807, 2.05) is 12.3 Å². The van der Waals surface area contributed by atoms with Gasteiger partial charge in [-0.25, -0.2) is 0 Å². The molecule has 0 bridgehead atoms. The summed E-state index contributed by atoms with van der Waals surface area (Å²) in [5.74, 6) is 0.578. The molecular formula is C14H20N4S. The van der Waals surface area contributed by atoms with Crippen LogP contribution in [0.4, 0.5) is 0 Å². The first-order chi connectivity index (χ1) is 9.26. The van der Waals surface area contributed by atoms with E-state index in [9.17, 15) is 0 Å². The van der Waals surface area contributed by atoms with E-state index >= 15 is 0 Å². The molecule has 19 heavy (non-hydrogen) atoms. The molecule has 0 radical (unpaired) electrons. The second-order valence-corrected chi connectivity index (χ2v) is 5.49. The SMILES string of the molecule is CCCCC(C)c1cccc(-n2nnnc2SC)c1. The monoisotopic (exact) mass is 276 g/mol. The van der Waals surface area contributed by atoms with Crippen molar-refractivity contribution in [3.8, 4) is 5.69 Å². The van der Waals surface area contributed by atoms with Crippen LogP contribution in [0.25, 0.3) is 5.69 Å². The third kappa shape index (κ3) is 3.35. The molecular weight excluding hydrogens is 256 g/mol. The van der Waals surface area contributed by atoms with Crippen LogP contribution in [-0.4, -0.2) is 26.5 Å². The summed E-state index contributed by atoms with van der Waals surface area (Å²) in [7, 11) is 0.